The molecule has 0 radical (unpaired) electrons. The number of rotatable bonds is 5. The van der Waals surface area contributed by atoms with Gasteiger partial charge in [0.1, 0.15) is 0 Å². The van der Waals surface area contributed by atoms with E-state index in [0.29, 0.717) is 5.56 Å². The Labute approximate surface area is 149 Å². The summed E-state index contributed by atoms with van der Waals surface area (Å²) in [5, 5.41) is 17.1. The van der Waals surface area contributed by atoms with Gasteiger partial charge in [0.2, 0.25) is 0 Å². The fraction of sp³-hybridized carbons (Fsp3) is 0.474. The first-order chi connectivity index (χ1) is 12.1. The van der Waals surface area contributed by atoms with E-state index in [2.05, 4.69) is 35.4 Å². The lowest BCUT2D eigenvalue weighted by molar-refractivity contribution is -0.0356. The van der Waals surface area contributed by atoms with Gasteiger partial charge in [-0.3, -0.25) is 4.68 Å². The Hall–Kier alpha value is -2.20. The average molecular weight is 339 g/mol. The van der Waals surface area contributed by atoms with Crippen molar-refractivity contribution < 1.29 is 4.74 Å². The van der Waals surface area contributed by atoms with Gasteiger partial charge in [0, 0.05) is 50.0 Å². The molecule has 1 N–H and O–H groups in total. The van der Waals surface area contributed by atoms with Gasteiger partial charge in [-0.05, 0) is 26.1 Å². The minimum absolute atomic E-state index is 0.203. The Morgan fingerprint density at radius 1 is 1.36 bits per heavy atom. The van der Waals surface area contributed by atoms with Crippen molar-refractivity contribution in [1.82, 2.24) is 20.0 Å². The number of likely N-dealkylation sites (N-methyl/N-ethyl adjacent to an activating group) is 1. The second-order valence-electron chi connectivity index (χ2n) is 6.71. The van der Waals surface area contributed by atoms with Crippen molar-refractivity contribution in [2.24, 2.45) is 7.05 Å². The smallest absolute Gasteiger partial charge is 0.0991 e. The van der Waals surface area contributed by atoms with Crippen molar-refractivity contribution in [3.05, 3.63) is 41.6 Å². The molecule has 0 amide bonds. The molecule has 1 aromatic carbocycles. The lowest BCUT2D eigenvalue weighted by Gasteiger charge is -2.34. The van der Waals surface area contributed by atoms with Crippen molar-refractivity contribution in [2.45, 2.75) is 25.6 Å². The number of hydrogen-bond acceptors (Lipinski definition) is 5. The van der Waals surface area contributed by atoms with E-state index in [1.807, 2.05) is 42.2 Å². The van der Waals surface area contributed by atoms with E-state index >= 15 is 0 Å². The Balaban J connectivity index is 1.69. The monoisotopic (exact) mass is 339 g/mol. The van der Waals surface area contributed by atoms with E-state index in [1.165, 1.54) is 0 Å². The molecule has 25 heavy (non-hydrogen) atoms. The van der Waals surface area contributed by atoms with Crippen LogP contribution in [0.2, 0.25) is 0 Å². The zero-order chi connectivity index (χ0) is 17.8. The van der Waals surface area contributed by atoms with Crippen LogP contribution in [-0.4, -0.2) is 53.6 Å². The molecule has 3 rings (SSSR count). The van der Waals surface area contributed by atoms with Crippen LogP contribution in [0.3, 0.4) is 0 Å². The maximum Gasteiger partial charge on any atom is 0.0991 e. The maximum absolute atomic E-state index is 8.95. The number of benzene rings is 1. The van der Waals surface area contributed by atoms with E-state index in [4.69, 9.17) is 10.00 Å². The second-order valence-corrected chi connectivity index (χ2v) is 6.71. The summed E-state index contributed by atoms with van der Waals surface area (Å²) in [5.41, 5.74) is 3.78. The molecule has 1 aliphatic heterocycles. The molecule has 6 nitrogen and oxygen atoms in total. The summed E-state index contributed by atoms with van der Waals surface area (Å²) in [6.45, 7) is 5.63. The third kappa shape index (κ3) is 4.26. The Kier molecular flexibility index (Phi) is 5.49. The van der Waals surface area contributed by atoms with Crippen LogP contribution >= 0.6 is 0 Å². The third-order valence-corrected chi connectivity index (χ3v) is 4.66. The highest BCUT2D eigenvalue weighted by Gasteiger charge is 2.23. The number of ether oxygens (including phenoxy) is 1. The molecule has 132 valence electrons. The van der Waals surface area contributed by atoms with Crippen LogP contribution in [-0.2, 0) is 18.3 Å². The molecule has 1 aromatic heterocycles. The number of nitrogens with one attached hydrogen (secondary N) is 1. The highest BCUT2D eigenvalue weighted by atomic mass is 16.5. The van der Waals surface area contributed by atoms with Crippen LogP contribution in [0, 0.1) is 11.3 Å². The number of aromatic nitrogens is 2. The topological polar surface area (TPSA) is 66.1 Å². The van der Waals surface area contributed by atoms with Gasteiger partial charge in [0.25, 0.3) is 0 Å². The molecular weight excluding hydrogens is 314 g/mol. The summed E-state index contributed by atoms with van der Waals surface area (Å²) in [7, 11) is 4.06. The molecule has 6 heteroatoms. The van der Waals surface area contributed by atoms with Gasteiger partial charge < -0.3 is 15.0 Å². The molecule has 2 atom stereocenters. The van der Waals surface area contributed by atoms with Crippen molar-refractivity contribution in [2.75, 3.05) is 26.7 Å². The van der Waals surface area contributed by atoms with Gasteiger partial charge in [-0.15, -0.1) is 0 Å². The molecule has 0 spiro atoms. The van der Waals surface area contributed by atoms with Gasteiger partial charge in [-0.1, -0.05) is 12.1 Å². The van der Waals surface area contributed by atoms with E-state index in [1.54, 1.807) is 0 Å². The van der Waals surface area contributed by atoms with Crippen molar-refractivity contribution in [3.63, 3.8) is 0 Å². The molecule has 0 bridgehead atoms. The standard InChI is InChI=1S/C19H25N5O/c1-14(18-13-23(2)8-9-25-18)21-11-17-12-24(3)22-19(17)16-6-4-15(10-20)5-7-16/h4-7,12,14,18,21H,8-9,11,13H2,1-3H3/t14-,18-/m0/s1. The van der Waals surface area contributed by atoms with Crippen LogP contribution in [0.15, 0.2) is 30.5 Å². The number of hydrogen-bond donors (Lipinski definition) is 1. The highest BCUT2D eigenvalue weighted by molar-refractivity contribution is 5.63. The molecule has 2 aromatic rings. The number of nitriles is 1. The molecule has 1 fully saturated rings. The van der Waals surface area contributed by atoms with Crippen molar-refractivity contribution in [3.8, 4) is 17.3 Å². The van der Waals surface area contributed by atoms with Gasteiger partial charge in [-0.2, -0.15) is 10.4 Å². The van der Waals surface area contributed by atoms with Crippen LogP contribution in [0.4, 0.5) is 0 Å². The molecule has 1 saturated heterocycles. The fourth-order valence-electron chi connectivity index (χ4n) is 3.13. The van der Waals surface area contributed by atoms with E-state index < -0.39 is 0 Å². The zero-order valence-electron chi connectivity index (χ0n) is 15.1. The number of nitrogens with zero attached hydrogens (tertiary/aromatic N) is 4. The molecule has 1 aliphatic rings. The van der Waals surface area contributed by atoms with Gasteiger partial charge in [-0.25, -0.2) is 0 Å². The second kappa shape index (κ2) is 7.79. The summed E-state index contributed by atoms with van der Waals surface area (Å²) in [5.74, 6) is 0. The lowest BCUT2D eigenvalue weighted by atomic mass is 10.1. The number of aryl methyl sites for hydroxylation is 1. The van der Waals surface area contributed by atoms with Crippen molar-refractivity contribution >= 4 is 0 Å². The first-order valence-electron chi connectivity index (χ1n) is 8.63. The summed E-state index contributed by atoms with van der Waals surface area (Å²) in [6.07, 6.45) is 2.25. The molecule has 0 aliphatic carbocycles. The molecule has 2 heterocycles. The maximum atomic E-state index is 8.95. The highest BCUT2D eigenvalue weighted by Crippen LogP contribution is 2.22. The summed E-state index contributed by atoms with van der Waals surface area (Å²) in [4.78, 5) is 2.30. The van der Waals surface area contributed by atoms with E-state index in [-0.39, 0.29) is 12.1 Å². The zero-order valence-corrected chi connectivity index (χ0v) is 15.1. The van der Waals surface area contributed by atoms with Gasteiger partial charge in [0.05, 0.1) is 30.0 Å². The van der Waals surface area contributed by atoms with Crippen LogP contribution in [0.1, 0.15) is 18.1 Å². The predicted molar refractivity (Wildman–Crippen MR) is 96.9 cm³/mol. The molecule has 0 saturated carbocycles. The normalized spacial score (nSPS) is 19.5. The predicted octanol–water partition coefficient (Wildman–Crippen LogP) is 1.77. The van der Waals surface area contributed by atoms with Crippen LogP contribution in [0.25, 0.3) is 11.3 Å². The third-order valence-electron chi connectivity index (χ3n) is 4.66. The van der Waals surface area contributed by atoms with Crippen LogP contribution in [0.5, 0.6) is 0 Å². The quantitative estimate of drug-likeness (QED) is 0.899. The SMILES string of the molecule is C[C@H](NCc1cn(C)nc1-c1ccc(C#N)cc1)[C@@H]1CN(C)CCO1. The van der Waals surface area contributed by atoms with Crippen LogP contribution < -0.4 is 5.32 Å². The summed E-state index contributed by atoms with van der Waals surface area (Å²) in [6, 6.07) is 9.97. The number of morpholine rings is 1. The largest absolute Gasteiger partial charge is 0.374 e. The minimum atomic E-state index is 0.203. The van der Waals surface area contributed by atoms with Crippen molar-refractivity contribution in [1.29, 1.82) is 5.26 Å². The first-order valence-corrected chi connectivity index (χ1v) is 8.63. The average Bonchev–Trinajstić information content (AvgIpc) is 3.00. The minimum Gasteiger partial charge on any atom is -0.374 e. The van der Waals surface area contributed by atoms with E-state index in [0.717, 1.165) is 43.1 Å². The molecule has 0 unspecified atom stereocenters. The van der Waals surface area contributed by atoms with E-state index in [9.17, 15) is 0 Å². The summed E-state index contributed by atoms with van der Waals surface area (Å²) < 4.78 is 7.72. The Morgan fingerprint density at radius 2 is 2.12 bits per heavy atom. The molecular formula is C19H25N5O. The Bertz CT molecular complexity index is 746. The van der Waals surface area contributed by atoms with Gasteiger partial charge >= 0.3 is 0 Å². The first kappa shape index (κ1) is 17.6. The summed E-state index contributed by atoms with van der Waals surface area (Å²) >= 11 is 0. The Morgan fingerprint density at radius 3 is 2.80 bits per heavy atom. The lowest BCUT2D eigenvalue weighted by Crippen LogP contribution is -2.49. The fourth-order valence-corrected chi connectivity index (χ4v) is 3.13. The van der Waals surface area contributed by atoms with Gasteiger partial charge in [0.15, 0.2) is 0 Å².